The molecule has 4 rings (SSSR count). The maximum absolute atomic E-state index is 13.0. The molecule has 1 aromatic carbocycles. The first-order valence-corrected chi connectivity index (χ1v) is 11.4. The van der Waals surface area contributed by atoms with Crippen LogP contribution in [-0.4, -0.2) is 44.0 Å². The standard InChI is InChI=1S/C23H23N3O2S2/c27-21(25-13-5-4-10-19(25)18-9-6-12-24-16-18)11-14-26-22(28)20(30-23(26)29)15-17-7-2-1-3-8-17/h1-3,6-9,12,15-16,19H,4-5,10-11,13-14H2/b20-15+. The van der Waals surface area contributed by atoms with E-state index in [4.69, 9.17) is 12.2 Å². The van der Waals surface area contributed by atoms with E-state index in [9.17, 15) is 9.59 Å². The van der Waals surface area contributed by atoms with Gasteiger partial charge in [0.2, 0.25) is 5.91 Å². The second-order valence-corrected chi connectivity index (χ2v) is 9.05. The number of carbonyl (C=O) groups excluding carboxylic acids is 2. The molecule has 0 aliphatic carbocycles. The van der Waals surface area contributed by atoms with Crippen LogP contribution in [-0.2, 0) is 9.59 Å². The number of thioether (sulfide) groups is 1. The molecular formula is C23H23N3O2S2. The highest BCUT2D eigenvalue weighted by atomic mass is 32.2. The van der Waals surface area contributed by atoms with Crippen molar-refractivity contribution in [1.82, 2.24) is 14.8 Å². The summed E-state index contributed by atoms with van der Waals surface area (Å²) in [4.78, 5) is 34.1. The normalized spacial score (nSPS) is 20.8. The molecule has 0 bridgehead atoms. The maximum atomic E-state index is 13.0. The zero-order chi connectivity index (χ0) is 20.9. The predicted octanol–water partition coefficient (Wildman–Crippen LogP) is 4.43. The number of pyridine rings is 1. The molecule has 1 atom stereocenters. The van der Waals surface area contributed by atoms with Crippen molar-refractivity contribution in [1.29, 1.82) is 0 Å². The molecule has 2 amide bonds. The van der Waals surface area contributed by atoms with E-state index in [0.717, 1.165) is 36.9 Å². The Morgan fingerprint density at radius 2 is 2.03 bits per heavy atom. The van der Waals surface area contributed by atoms with E-state index in [1.165, 1.54) is 11.8 Å². The van der Waals surface area contributed by atoms with E-state index in [1.54, 1.807) is 11.1 Å². The van der Waals surface area contributed by atoms with Crippen LogP contribution in [0.15, 0.2) is 59.8 Å². The summed E-state index contributed by atoms with van der Waals surface area (Å²) >= 11 is 6.71. The molecule has 2 aromatic rings. The lowest BCUT2D eigenvalue weighted by Gasteiger charge is -2.36. The van der Waals surface area contributed by atoms with Crippen molar-refractivity contribution in [3.05, 3.63) is 70.9 Å². The van der Waals surface area contributed by atoms with Gasteiger partial charge in [0, 0.05) is 31.9 Å². The Balaban J connectivity index is 1.41. The number of aromatic nitrogens is 1. The van der Waals surface area contributed by atoms with E-state index >= 15 is 0 Å². The molecule has 30 heavy (non-hydrogen) atoms. The van der Waals surface area contributed by atoms with Gasteiger partial charge in [-0.05, 0) is 42.5 Å². The van der Waals surface area contributed by atoms with E-state index in [1.807, 2.05) is 59.6 Å². The third-order valence-corrected chi connectivity index (χ3v) is 6.79. The van der Waals surface area contributed by atoms with Gasteiger partial charge in [0.1, 0.15) is 4.32 Å². The van der Waals surface area contributed by atoms with E-state index in [2.05, 4.69) is 4.98 Å². The van der Waals surface area contributed by atoms with Crippen molar-refractivity contribution in [3.63, 3.8) is 0 Å². The lowest BCUT2D eigenvalue weighted by atomic mass is 9.96. The molecule has 0 radical (unpaired) electrons. The summed E-state index contributed by atoms with van der Waals surface area (Å²) < 4.78 is 0.512. The minimum absolute atomic E-state index is 0.0593. The highest BCUT2D eigenvalue weighted by Crippen LogP contribution is 2.34. The molecule has 0 spiro atoms. The lowest BCUT2D eigenvalue weighted by Crippen LogP contribution is -2.40. The number of hydrogen-bond acceptors (Lipinski definition) is 5. The molecule has 2 aliphatic rings. The van der Waals surface area contributed by atoms with Gasteiger partial charge >= 0.3 is 0 Å². The summed E-state index contributed by atoms with van der Waals surface area (Å²) in [7, 11) is 0. The number of rotatable bonds is 5. The maximum Gasteiger partial charge on any atom is 0.266 e. The van der Waals surface area contributed by atoms with Gasteiger partial charge in [-0.15, -0.1) is 0 Å². The molecular weight excluding hydrogens is 414 g/mol. The van der Waals surface area contributed by atoms with Gasteiger partial charge in [0.25, 0.3) is 5.91 Å². The number of likely N-dealkylation sites (tertiary alicyclic amines) is 1. The van der Waals surface area contributed by atoms with Gasteiger partial charge in [0.15, 0.2) is 0 Å². The highest BCUT2D eigenvalue weighted by molar-refractivity contribution is 8.26. The van der Waals surface area contributed by atoms with Crippen molar-refractivity contribution < 1.29 is 9.59 Å². The van der Waals surface area contributed by atoms with Gasteiger partial charge in [-0.3, -0.25) is 19.5 Å². The summed E-state index contributed by atoms with van der Waals surface area (Å²) in [5.41, 5.74) is 2.03. The fourth-order valence-electron chi connectivity index (χ4n) is 3.89. The second-order valence-electron chi connectivity index (χ2n) is 7.38. The molecule has 2 aliphatic heterocycles. The van der Waals surface area contributed by atoms with Crippen LogP contribution >= 0.6 is 24.0 Å². The molecule has 2 saturated heterocycles. The summed E-state index contributed by atoms with van der Waals surface area (Å²) in [5, 5.41) is 0. The average molecular weight is 438 g/mol. The third-order valence-electron chi connectivity index (χ3n) is 5.41. The molecule has 154 valence electrons. The van der Waals surface area contributed by atoms with Crippen LogP contribution in [0.3, 0.4) is 0 Å². The molecule has 1 unspecified atom stereocenters. The summed E-state index contributed by atoms with van der Waals surface area (Å²) in [5.74, 6) is -0.0613. The van der Waals surface area contributed by atoms with Crippen LogP contribution in [0, 0.1) is 0 Å². The van der Waals surface area contributed by atoms with Gasteiger partial charge in [0.05, 0.1) is 10.9 Å². The van der Waals surface area contributed by atoms with Crippen molar-refractivity contribution in [3.8, 4) is 0 Å². The van der Waals surface area contributed by atoms with Crippen LogP contribution < -0.4 is 0 Å². The first-order chi connectivity index (χ1) is 14.6. The first kappa shape index (κ1) is 20.8. The van der Waals surface area contributed by atoms with E-state index in [-0.39, 0.29) is 24.3 Å². The van der Waals surface area contributed by atoms with E-state index in [0.29, 0.717) is 15.8 Å². The lowest BCUT2D eigenvalue weighted by molar-refractivity contribution is -0.135. The Morgan fingerprint density at radius 3 is 2.80 bits per heavy atom. The van der Waals surface area contributed by atoms with Gasteiger partial charge in [-0.25, -0.2) is 0 Å². The molecule has 7 heteroatoms. The van der Waals surface area contributed by atoms with Crippen LogP contribution in [0.1, 0.15) is 42.9 Å². The average Bonchev–Trinajstić information content (AvgIpc) is 3.05. The minimum atomic E-state index is -0.121. The molecule has 0 N–H and O–H groups in total. The number of carbonyl (C=O) groups is 2. The van der Waals surface area contributed by atoms with E-state index < -0.39 is 0 Å². The SMILES string of the molecule is O=C1/C(=C\c2ccccc2)SC(=S)N1CCC(=O)N1CCCCC1c1cccnc1. The summed E-state index contributed by atoms with van der Waals surface area (Å²) in [6.45, 7) is 1.05. The fraction of sp³-hybridized carbons (Fsp3) is 0.304. The number of thiocarbonyl (C=S) groups is 1. The van der Waals surface area contributed by atoms with Gasteiger partial charge < -0.3 is 4.90 Å². The monoisotopic (exact) mass is 437 g/mol. The molecule has 1 aromatic heterocycles. The molecule has 0 saturated carbocycles. The van der Waals surface area contributed by atoms with Crippen molar-refractivity contribution in [2.24, 2.45) is 0 Å². The van der Waals surface area contributed by atoms with Crippen LogP contribution in [0.5, 0.6) is 0 Å². The Labute approximate surface area is 186 Å². The highest BCUT2D eigenvalue weighted by Gasteiger charge is 2.34. The van der Waals surface area contributed by atoms with Gasteiger partial charge in [-0.1, -0.05) is 60.4 Å². The van der Waals surface area contributed by atoms with Crippen molar-refractivity contribution >= 4 is 46.2 Å². The van der Waals surface area contributed by atoms with Crippen molar-refractivity contribution in [2.75, 3.05) is 13.1 Å². The Hall–Kier alpha value is -2.51. The van der Waals surface area contributed by atoms with Crippen LogP contribution in [0.25, 0.3) is 6.08 Å². The van der Waals surface area contributed by atoms with Crippen molar-refractivity contribution in [2.45, 2.75) is 31.7 Å². The molecule has 2 fully saturated rings. The second kappa shape index (κ2) is 9.53. The molecule has 5 nitrogen and oxygen atoms in total. The quantitative estimate of drug-likeness (QED) is 0.512. The topological polar surface area (TPSA) is 53.5 Å². The number of amides is 2. The number of benzene rings is 1. The first-order valence-electron chi connectivity index (χ1n) is 10.1. The fourth-order valence-corrected chi connectivity index (χ4v) is 5.20. The minimum Gasteiger partial charge on any atom is -0.336 e. The van der Waals surface area contributed by atoms with Crippen LogP contribution in [0.4, 0.5) is 0 Å². The Kier molecular flexibility index (Phi) is 6.59. The Morgan fingerprint density at radius 1 is 1.20 bits per heavy atom. The number of nitrogens with zero attached hydrogens (tertiary/aromatic N) is 3. The predicted molar refractivity (Wildman–Crippen MR) is 123 cm³/mol. The third kappa shape index (κ3) is 4.63. The smallest absolute Gasteiger partial charge is 0.266 e. The largest absolute Gasteiger partial charge is 0.336 e. The number of piperidine rings is 1. The zero-order valence-electron chi connectivity index (χ0n) is 16.6. The summed E-state index contributed by atoms with van der Waals surface area (Å²) in [6.07, 6.45) is 8.75. The zero-order valence-corrected chi connectivity index (χ0v) is 18.2. The number of hydrogen-bond donors (Lipinski definition) is 0. The van der Waals surface area contributed by atoms with Gasteiger partial charge in [-0.2, -0.15) is 0 Å². The summed E-state index contributed by atoms with van der Waals surface area (Å²) in [6, 6.07) is 13.7. The Bertz CT molecular complexity index is 963. The molecule has 3 heterocycles. The van der Waals surface area contributed by atoms with Crippen LogP contribution in [0.2, 0.25) is 0 Å².